The maximum absolute atomic E-state index is 11.7. The standard InChI is InChI=1S/C14H24N4O2/c1-9(2)5-11(15)12-17-7-14(8-19,18-12)6-10-3-4-16-13(10)20/h8-11H,3-7,15H2,1-2H3,(H,16,20)(H,17,18)/t10-,11-,14-/m0/s1. The van der Waals surface area contributed by atoms with Crippen molar-refractivity contribution in [2.24, 2.45) is 22.6 Å². The van der Waals surface area contributed by atoms with E-state index in [0.29, 0.717) is 31.3 Å². The van der Waals surface area contributed by atoms with Crippen molar-refractivity contribution in [3.05, 3.63) is 0 Å². The molecular weight excluding hydrogens is 256 g/mol. The Hall–Kier alpha value is -1.43. The first-order valence-corrected chi connectivity index (χ1v) is 7.28. The van der Waals surface area contributed by atoms with E-state index < -0.39 is 5.54 Å². The number of rotatable bonds is 6. The molecule has 1 amide bonds. The van der Waals surface area contributed by atoms with E-state index >= 15 is 0 Å². The minimum atomic E-state index is -0.754. The van der Waals surface area contributed by atoms with Gasteiger partial charge in [0.05, 0.1) is 12.6 Å². The van der Waals surface area contributed by atoms with Crippen LogP contribution in [0.4, 0.5) is 0 Å². The van der Waals surface area contributed by atoms with E-state index in [2.05, 4.69) is 29.5 Å². The molecule has 2 rings (SSSR count). The van der Waals surface area contributed by atoms with Crippen molar-refractivity contribution >= 4 is 18.0 Å². The van der Waals surface area contributed by atoms with Gasteiger partial charge in [-0.25, -0.2) is 0 Å². The maximum Gasteiger partial charge on any atom is 0.223 e. The number of aldehydes is 1. The lowest BCUT2D eigenvalue weighted by Crippen LogP contribution is -2.53. The van der Waals surface area contributed by atoms with E-state index in [-0.39, 0.29) is 17.9 Å². The third-order valence-electron chi connectivity index (χ3n) is 3.98. The molecule has 0 aliphatic carbocycles. The second-order valence-electron chi connectivity index (χ2n) is 6.32. The van der Waals surface area contributed by atoms with Crippen molar-refractivity contribution in [3.63, 3.8) is 0 Å². The van der Waals surface area contributed by atoms with E-state index in [4.69, 9.17) is 5.73 Å². The Morgan fingerprint density at radius 3 is 2.85 bits per heavy atom. The summed E-state index contributed by atoms with van der Waals surface area (Å²) in [4.78, 5) is 27.6. The van der Waals surface area contributed by atoms with Crippen LogP contribution in [0.1, 0.15) is 33.1 Å². The third-order valence-corrected chi connectivity index (χ3v) is 3.98. The number of carbonyl (C=O) groups is 2. The maximum atomic E-state index is 11.7. The van der Waals surface area contributed by atoms with E-state index in [1.165, 1.54) is 0 Å². The van der Waals surface area contributed by atoms with E-state index in [1.807, 2.05) is 0 Å². The van der Waals surface area contributed by atoms with Gasteiger partial charge in [0.25, 0.3) is 0 Å². The molecular formula is C14H24N4O2. The van der Waals surface area contributed by atoms with Crippen LogP contribution in [-0.4, -0.2) is 42.7 Å². The zero-order chi connectivity index (χ0) is 14.8. The summed E-state index contributed by atoms with van der Waals surface area (Å²) in [5, 5.41) is 5.98. The Balaban J connectivity index is 1.98. The Bertz CT molecular complexity index is 421. The summed E-state index contributed by atoms with van der Waals surface area (Å²) >= 11 is 0. The molecule has 6 nitrogen and oxygen atoms in total. The fourth-order valence-electron chi connectivity index (χ4n) is 2.90. The van der Waals surface area contributed by atoms with Crippen molar-refractivity contribution in [3.8, 4) is 0 Å². The number of amides is 1. The lowest BCUT2D eigenvalue weighted by molar-refractivity contribution is -0.123. The number of carbonyl (C=O) groups excluding carboxylic acids is 2. The van der Waals surface area contributed by atoms with Gasteiger partial charge in [-0.2, -0.15) is 0 Å². The zero-order valence-electron chi connectivity index (χ0n) is 12.2. The number of nitrogens with one attached hydrogen (secondary N) is 2. The predicted molar refractivity (Wildman–Crippen MR) is 77.4 cm³/mol. The molecule has 1 fully saturated rings. The van der Waals surface area contributed by atoms with Crippen molar-refractivity contribution in [1.82, 2.24) is 10.6 Å². The normalized spacial score (nSPS) is 30.9. The van der Waals surface area contributed by atoms with Crippen LogP contribution in [0.3, 0.4) is 0 Å². The first-order valence-electron chi connectivity index (χ1n) is 7.28. The molecule has 0 unspecified atom stereocenters. The van der Waals surface area contributed by atoms with Gasteiger partial charge in [0.15, 0.2) is 0 Å². The molecule has 112 valence electrons. The van der Waals surface area contributed by atoms with Crippen LogP contribution in [0.15, 0.2) is 4.99 Å². The SMILES string of the molecule is CC(C)C[C@H](N)C1=NC[C@](C=O)(C[C@@H]2CCNC2=O)N1. The molecule has 1 saturated heterocycles. The summed E-state index contributed by atoms with van der Waals surface area (Å²) in [7, 11) is 0. The number of nitrogens with zero attached hydrogens (tertiary/aromatic N) is 1. The summed E-state index contributed by atoms with van der Waals surface area (Å²) in [5.41, 5.74) is 5.35. The summed E-state index contributed by atoms with van der Waals surface area (Å²) in [6.07, 6.45) is 2.98. The smallest absolute Gasteiger partial charge is 0.223 e. The highest BCUT2D eigenvalue weighted by Gasteiger charge is 2.41. The highest BCUT2D eigenvalue weighted by molar-refractivity contribution is 5.93. The van der Waals surface area contributed by atoms with Crippen LogP contribution < -0.4 is 16.4 Å². The average molecular weight is 280 g/mol. The Labute approximate surface area is 119 Å². The summed E-state index contributed by atoms with van der Waals surface area (Å²) in [6.45, 7) is 5.27. The predicted octanol–water partition coefficient (Wildman–Crippen LogP) is -0.175. The van der Waals surface area contributed by atoms with Gasteiger partial charge in [-0.1, -0.05) is 13.8 Å². The number of nitrogens with two attached hydrogens (primary N) is 1. The van der Waals surface area contributed by atoms with Gasteiger partial charge in [-0.15, -0.1) is 0 Å². The van der Waals surface area contributed by atoms with Crippen molar-refractivity contribution in [1.29, 1.82) is 0 Å². The van der Waals surface area contributed by atoms with Crippen molar-refractivity contribution in [2.45, 2.75) is 44.7 Å². The molecule has 2 aliphatic rings. The van der Waals surface area contributed by atoms with Gasteiger partial charge in [-0.05, 0) is 25.2 Å². The lowest BCUT2D eigenvalue weighted by atomic mass is 9.88. The van der Waals surface area contributed by atoms with Crippen LogP contribution in [0.2, 0.25) is 0 Å². The minimum absolute atomic E-state index is 0.0351. The average Bonchev–Trinajstić information content (AvgIpc) is 2.98. The number of hydrogen-bond donors (Lipinski definition) is 3. The highest BCUT2D eigenvalue weighted by Crippen LogP contribution is 2.25. The molecule has 0 saturated carbocycles. The van der Waals surface area contributed by atoms with Crippen LogP contribution in [0, 0.1) is 11.8 Å². The van der Waals surface area contributed by atoms with Crippen LogP contribution in [0.25, 0.3) is 0 Å². The zero-order valence-corrected chi connectivity index (χ0v) is 12.2. The Kier molecular flexibility index (Phi) is 4.42. The molecule has 4 N–H and O–H groups in total. The topological polar surface area (TPSA) is 96.6 Å². The molecule has 3 atom stereocenters. The van der Waals surface area contributed by atoms with Crippen molar-refractivity contribution < 1.29 is 9.59 Å². The van der Waals surface area contributed by atoms with Crippen molar-refractivity contribution in [2.75, 3.05) is 13.1 Å². The van der Waals surface area contributed by atoms with E-state index in [9.17, 15) is 9.59 Å². The molecule has 0 spiro atoms. The van der Waals surface area contributed by atoms with Gasteiger partial charge < -0.3 is 21.2 Å². The number of aliphatic imine (C=N–C) groups is 1. The van der Waals surface area contributed by atoms with E-state index in [1.54, 1.807) is 0 Å². The third kappa shape index (κ3) is 3.17. The molecule has 2 heterocycles. The minimum Gasteiger partial charge on any atom is -0.359 e. The number of hydrogen-bond acceptors (Lipinski definition) is 5. The molecule has 20 heavy (non-hydrogen) atoms. The van der Waals surface area contributed by atoms with Gasteiger partial charge in [0.1, 0.15) is 17.7 Å². The lowest BCUT2D eigenvalue weighted by Gasteiger charge is -2.27. The van der Waals surface area contributed by atoms with E-state index in [0.717, 1.165) is 19.1 Å². The first kappa shape index (κ1) is 15.0. The largest absolute Gasteiger partial charge is 0.359 e. The molecule has 0 aromatic heterocycles. The summed E-state index contributed by atoms with van der Waals surface area (Å²) < 4.78 is 0. The summed E-state index contributed by atoms with van der Waals surface area (Å²) in [5.74, 6) is 1.10. The second kappa shape index (κ2) is 5.91. The first-order chi connectivity index (χ1) is 9.46. The molecule has 0 aromatic carbocycles. The molecule has 6 heteroatoms. The van der Waals surface area contributed by atoms with Gasteiger partial charge in [-0.3, -0.25) is 9.79 Å². The number of amidine groups is 1. The fourth-order valence-corrected chi connectivity index (χ4v) is 2.90. The second-order valence-corrected chi connectivity index (χ2v) is 6.32. The quantitative estimate of drug-likeness (QED) is 0.588. The molecule has 2 aliphatic heterocycles. The monoisotopic (exact) mass is 280 g/mol. The van der Waals surface area contributed by atoms with Crippen LogP contribution in [-0.2, 0) is 9.59 Å². The van der Waals surface area contributed by atoms with Crippen LogP contribution in [0.5, 0.6) is 0 Å². The fraction of sp³-hybridized carbons (Fsp3) is 0.786. The highest BCUT2D eigenvalue weighted by atomic mass is 16.2. The Morgan fingerprint density at radius 1 is 1.55 bits per heavy atom. The summed E-state index contributed by atoms with van der Waals surface area (Å²) in [6, 6.07) is -0.172. The van der Waals surface area contributed by atoms with Gasteiger partial charge in [0.2, 0.25) is 5.91 Å². The molecule has 0 bridgehead atoms. The molecule has 0 radical (unpaired) electrons. The Morgan fingerprint density at radius 2 is 2.30 bits per heavy atom. The molecule has 0 aromatic rings. The van der Waals surface area contributed by atoms with Gasteiger partial charge in [0, 0.05) is 12.5 Å². The van der Waals surface area contributed by atoms with Gasteiger partial charge >= 0.3 is 0 Å². The van der Waals surface area contributed by atoms with Crippen LogP contribution >= 0.6 is 0 Å².